The number of nitrogens with one attached hydrogen (secondary N) is 1. The molecular formula is C30H36F2N6O. The molecule has 1 N–H and O–H groups in total. The van der Waals surface area contributed by atoms with Gasteiger partial charge in [-0.3, -0.25) is 9.69 Å². The predicted octanol–water partition coefficient (Wildman–Crippen LogP) is 5.48. The number of rotatable bonds is 7. The van der Waals surface area contributed by atoms with E-state index in [0.29, 0.717) is 11.5 Å². The number of benzene rings is 1. The number of aromatic nitrogens is 3. The number of nitrogens with zero attached hydrogens (tertiary/aromatic N) is 5. The van der Waals surface area contributed by atoms with Gasteiger partial charge in [-0.1, -0.05) is 18.9 Å². The zero-order valence-electron chi connectivity index (χ0n) is 22.3. The van der Waals surface area contributed by atoms with Crippen molar-refractivity contribution in [2.24, 2.45) is 0 Å². The van der Waals surface area contributed by atoms with Gasteiger partial charge in [0, 0.05) is 80.4 Å². The van der Waals surface area contributed by atoms with Crippen LogP contribution in [0.25, 0.3) is 10.9 Å². The number of likely N-dealkylation sites (tertiary alicyclic amines) is 1. The molecule has 1 atom stereocenters. The lowest BCUT2D eigenvalue weighted by molar-refractivity contribution is -0.0632. The van der Waals surface area contributed by atoms with Crippen LogP contribution >= 0.6 is 0 Å². The lowest BCUT2D eigenvalue weighted by Gasteiger charge is -2.37. The van der Waals surface area contributed by atoms with E-state index in [-0.39, 0.29) is 44.4 Å². The van der Waals surface area contributed by atoms with Gasteiger partial charge in [0.15, 0.2) is 0 Å². The van der Waals surface area contributed by atoms with E-state index in [1.807, 2.05) is 47.6 Å². The number of fused-ring (bicyclic) bond motifs is 1. The van der Waals surface area contributed by atoms with Crippen LogP contribution in [0.2, 0.25) is 0 Å². The molecule has 0 spiro atoms. The molecule has 3 aliphatic rings. The summed E-state index contributed by atoms with van der Waals surface area (Å²) in [4.78, 5) is 31.9. The standard InChI is InChI=1S/C30H36F2N6O/c31-30(32)12-16-37(17-13-30)26(22-18-33-28(34-19-22)21-6-1-2-7-21)20-35-29(39)24-8-5-9-25-23(24)10-11-27(36-25)38-14-3-4-15-38/h5,8-11,18-19,21,26H,1-4,6-7,12-17,20H2,(H,35,39). The molecular weight excluding hydrogens is 498 g/mol. The van der Waals surface area contributed by atoms with E-state index >= 15 is 0 Å². The van der Waals surface area contributed by atoms with Crippen LogP contribution < -0.4 is 10.2 Å². The number of piperidine rings is 1. The molecule has 0 bridgehead atoms. The molecule has 39 heavy (non-hydrogen) atoms. The summed E-state index contributed by atoms with van der Waals surface area (Å²) in [6.45, 7) is 2.82. The van der Waals surface area contributed by atoms with E-state index in [4.69, 9.17) is 4.98 Å². The van der Waals surface area contributed by atoms with Crippen molar-refractivity contribution in [2.75, 3.05) is 37.6 Å². The van der Waals surface area contributed by atoms with Crippen LogP contribution in [0.15, 0.2) is 42.7 Å². The molecule has 1 saturated carbocycles. The van der Waals surface area contributed by atoms with E-state index in [1.165, 1.54) is 25.7 Å². The summed E-state index contributed by atoms with van der Waals surface area (Å²) in [6, 6.07) is 9.29. The second kappa shape index (κ2) is 11.1. The minimum absolute atomic E-state index is 0.188. The average Bonchev–Trinajstić information content (AvgIpc) is 3.69. The molecule has 2 aromatic heterocycles. The summed E-state index contributed by atoms with van der Waals surface area (Å²) in [7, 11) is 0. The summed E-state index contributed by atoms with van der Waals surface area (Å²) < 4.78 is 27.9. The number of pyridine rings is 1. The first-order valence-electron chi connectivity index (χ1n) is 14.3. The van der Waals surface area contributed by atoms with Gasteiger partial charge in [0.05, 0.1) is 11.6 Å². The molecule has 1 aromatic carbocycles. The van der Waals surface area contributed by atoms with Crippen molar-refractivity contribution in [2.45, 2.75) is 69.2 Å². The van der Waals surface area contributed by atoms with Crippen molar-refractivity contribution in [3.05, 3.63) is 59.7 Å². The Labute approximate surface area is 228 Å². The van der Waals surface area contributed by atoms with Crippen molar-refractivity contribution in [3.8, 4) is 0 Å². The molecule has 3 aromatic rings. The van der Waals surface area contributed by atoms with E-state index in [1.54, 1.807) is 0 Å². The van der Waals surface area contributed by atoms with E-state index in [2.05, 4.69) is 20.2 Å². The van der Waals surface area contributed by atoms with Crippen LogP contribution in [0.4, 0.5) is 14.6 Å². The molecule has 2 saturated heterocycles. The first kappa shape index (κ1) is 26.0. The molecule has 9 heteroatoms. The highest BCUT2D eigenvalue weighted by Crippen LogP contribution is 2.34. The van der Waals surface area contributed by atoms with Crippen LogP contribution in [-0.4, -0.2) is 64.4 Å². The largest absolute Gasteiger partial charge is 0.357 e. The second-order valence-electron chi connectivity index (χ2n) is 11.2. The lowest BCUT2D eigenvalue weighted by atomic mass is 10.0. The summed E-state index contributed by atoms with van der Waals surface area (Å²) in [5.74, 6) is -0.637. The molecule has 4 heterocycles. The quantitative estimate of drug-likeness (QED) is 0.433. The Bertz CT molecular complexity index is 1290. The summed E-state index contributed by atoms with van der Waals surface area (Å²) in [5.41, 5.74) is 2.19. The van der Waals surface area contributed by atoms with E-state index < -0.39 is 5.92 Å². The fraction of sp³-hybridized carbons (Fsp3) is 0.533. The maximum Gasteiger partial charge on any atom is 0.252 e. The molecule has 3 fully saturated rings. The molecule has 1 amide bonds. The number of carbonyl (C=O) groups excluding carboxylic acids is 1. The minimum Gasteiger partial charge on any atom is -0.357 e. The Morgan fingerprint density at radius 3 is 2.41 bits per heavy atom. The van der Waals surface area contributed by atoms with Crippen molar-refractivity contribution in [1.82, 2.24) is 25.2 Å². The third-order valence-electron chi connectivity index (χ3n) is 8.62. The first-order chi connectivity index (χ1) is 19.0. The Balaban J connectivity index is 1.20. The highest BCUT2D eigenvalue weighted by Gasteiger charge is 2.37. The SMILES string of the molecule is O=C(NCC(c1cnc(C2CCCC2)nc1)N1CCC(F)(F)CC1)c1cccc2nc(N3CCCC3)ccc12. The number of amides is 1. The lowest BCUT2D eigenvalue weighted by Crippen LogP contribution is -2.45. The summed E-state index contributed by atoms with van der Waals surface area (Å²) >= 11 is 0. The Morgan fingerprint density at radius 1 is 0.974 bits per heavy atom. The van der Waals surface area contributed by atoms with Crippen LogP contribution in [0.1, 0.15) is 85.1 Å². The van der Waals surface area contributed by atoms with Gasteiger partial charge in [0.25, 0.3) is 11.8 Å². The third kappa shape index (κ3) is 5.73. The van der Waals surface area contributed by atoms with Gasteiger partial charge in [-0.05, 0) is 49.9 Å². The number of halogens is 2. The molecule has 1 aliphatic carbocycles. The Hall–Kier alpha value is -3.20. The van der Waals surface area contributed by atoms with E-state index in [9.17, 15) is 13.6 Å². The number of hydrogen-bond donors (Lipinski definition) is 1. The molecule has 7 nitrogen and oxygen atoms in total. The zero-order chi connectivity index (χ0) is 26.8. The topological polar surface area (TPSA) is 74.2 Å². The van der Waals surface area contributed by atoms with Crippen LogP contribution in [0.3, 0.4) is 0 Å². The van der Waals surface area contributed by atoms with Gasteiger partial charge in [-0.25, -0.2) is 23.7 Å². The fourth-order valence-electron chi connectivity index (χ4n) is 6.28. The van der Waals surface area contributed by atoms with Crippen molar-refractivity contribution >= 4 is 22.6 Å². The van der Waals surface area contributed by atoms with Gasteiger partial charge in [0.1, 0.15) is 11.6 Å². The molecule has 0 radical (unpaired) electrons. The normalized spacial score (nSPS) is 20.9. The second-order valence-corrected chi connectivity index (χ2v) is 11.2. The van der Waals surface area contributed by atoms with Gasteiger partial charge in [-0.15, -0.1) is 0 Å². The summed E-state index contributed by atoms with van der Waals surface area (Å²) in [5, 5.41) is 3.89. The average molecular weight is 535 g/mol. The van der Waals surface area contributed by atoms with Crippen LogP contribution in [0, 0.1) is 0 Å². The minimum atomic E-state index is -2.64. The number of alkyl halides is 2. The van der Waals surface area contributed by atoms with Gasteiger partial charge in [0.2, 0.25) is 0 Å². The maximum absolute atomic E-state index is 14.0. The van der Waals surface area contributed by atoms with Crippen LogP contribution in [0.5, 0.6) is 0 Å². The fourth-order valence-corrected chi connectivity index (χ4v) is 6.28. The smallest absolute Gasteiger partial charge is 0.252 e. The molecule has 2 aliphatic heterocycles. The Kier molecular flexibility index (Phi) is 7.42. The Morgan fingerprint density at radius 2 is 1.69 bits per heavy atom. The van der Waals surface area contributed by atoms with Crippen molar-refractivity contribution in [3.63, 3.8) is 0 Å². The molecule has 6 rings (SSSR count). The molecule has 206 valence electrons. The third-order valence-corrected chi connectivity index (χ3v) is 8.62. The van der Waals surface area contributed by atoms with E-state index in [0.717, 1.165) is 54.0 Å². The number of anilines is 1. The summed E-state index contributed by atoms with van der Waals surface area (Å²) in [6.07, 6.45) is 10.3. The van der Waals surface area contributed by atoms with Gasteiger partial charge >= 0.3 is 0 Å². The highest BCUT2D eigenvalue weighted by molar-refractivity contribution is 6.06. The number of hydrogen-bond acceptors (Lipinski definition) is 6. The van der Waals surface area contributed by atoms with Crippen LogP contribution in [-0.2, 0) is 0 Å². The first-order valence-corrected chi connectivity index (χ1v) is 14.3. The number of carbonyl (C=O) groups is 1. The van der Waals surface area contributed by atoms with Crippen molar-refractivity contribution in [1.29, 1.82) is 0 Å². The van der Waals surface area contributed by atoms with Crippen molar-refractivity contribution < 1.29 is 13.6 Å². The van der Waals surface area contributed by atoms with Gasteiger partial charge in [-0.2, -0.15) is 0 Å². The zero-order valence-corrected chi connectivity index (χ0v) is 22.3. The van der Waals surface area contributed by atoms with Gasteiger partial charge < -0.3 is 10.2 Å². The molecule has 1 unspecified atom stereocenters. The highest BCUT2D eigenvalue weighted by atomic mass is 19.3. The maximum atomic E-state index is 14.0. The predicted molar refractivity (Wildman–Crippen MR) is 147 cm³/mol. The monoisotopic (exact) mass is 534 g/mol.